The predicted octanol–water partition coefficient (Wildman–Crippen LogP) is 3.15. The van der Waals surface area contributed by atoms with Crippen LogP contribution in [0.5, 0.6) is 5.75 Å². The number of hydrogen-bond donors (Lipinski definition) is 1. The Morgan fingerprint density at radius 1 is 1.38 bits per heavy atom. The van der Waals surface area contributed by atoms with Crippen LogP contribution in [0.2, 0.25) is 0 Å². The van der Waals surface area contributed by atoms with Crippen LogP contribution in [0, 0.1) is 6.92 Å². The van der Waals surface area contributed by atoms with E-state index in [4.69, 9.17) is 4.74 Å². The smallest absolute Gasteiger partial charge is 0.123 e. The first kappa shape index (κ1) is 15.6. The van der Waals surface area contributed by atoms with E-state index in [1.807, 2.05) is 17.8 Å². The van der Waals surface area contributed by atoms with Crippen molar-refractivity contribution in [3.05, 3.63) is 46.8 Å². The lowest BCUT2D eigenvalue weighted by atomic mass is 10.0. The summed E-state index contributed by atoms with van der Waals surface area (Å²) in [5.41, 5.74) is 4.86. The van der Waals surface area contributed by atoms with E-state index >= 15 is 0 Å². The van der Waals surface area contributed by atoms with E-state index in [-0.39, 0.29) is 6.04 Å². The molecule has 1 heterocycles. The minimum Gasteiger partial charge on any atom is -0.496 e. The van der Waals surface area contributed by atoms with Gasteiger partial charge in [-0.1, -0.05) is 24.6 Å². The van der Waals surface area contributed by atoms with Crippen molar-refractivity contribution in [2.24, 2.45) is 7.05 Å². The first-order chi connectivity index (χ1) is 10.0. The third-order valence-electron chi connectivity index (χ3n) is 3.78. The van der Waals surface area contributed by atoms with Crippen LogP contribution in [0.1, 0.15) is 42.3 Å². The van der Waals surface area contributed by atoms with Crippen LogP contribution in [-0.4, -0.2) is 16.9 Å². The number of ether oxygens (including phenoxy) is 1. The monoisotopic (exact) mass is 287 g/mol. The molecule has 1 aromatic heterocycles. The van der Waals surface area contributed by atoms with E-state index in [1.54, 1.807) is 7.11 Å². The van der Waals surface area contributed by atoms with E-state index < -0.39 is 0 Å². The normalized spacial score (nSPS) is 12.4. The molecule has 0 fully saturated rings. The van der Waals surface area contributed by atoms with Crippen LogP contribution in [-0.2, 0) is 20.0 Å². The van der Waals surface area contributed by atoms with Gasteiger partial charge in [0.2, 0.25) is 0 Å². The van der Waals surface area contributed by atoms with E-state index in [1.165, 1.54) is 16.7 Å². The molecule has 0 amide bonds. The minimum atomic E-state index is 0.227. The van der Waals surface area contributed by atoms with Gasteiger partial charge in [-0.15, -0.1) is 0 Å². The number of nitrogens with one attached hydrogen (secondary N) is 1. The average Bonchev–Trinajstić information content (AvgIpc) is 2.84. The van der Waals surface area contributed by atoms with E-state index in [9.17, 15) is 0 Å². The molecule has 0 radical (unpaired) electrons. The van der Waals surface area contributed by atoms with Crippen molar-refractivity contribution < 1.29 is 4.74 Å². The van der Waals surface area contributed by atoms with Gasteiger partial charge in [0.15, 0.2) is 0 Å². The molecule has 2 aromatic rings. The van der Waals surface area contributed by atoms with Crippen molar-refractivity contribution >= 4 is 0 Å². The summed E-state index contributed by atoms with van der Waals surface area (Å²) in [7, 11) is 3.69. The molecule has 4 nitrogen and oxygen atoms in total. The Morgan fingerprint density at radius 2 is 2.14 bits per heavy atom. The highest BCUT2D eigenvalue weighted by atomic mass is 16.5. The SMILES string of the molecule is CCc1nn(C)cc1CNC(C)c1cc(C)ccc1OC. The fourth-order valence-corrected chi connectivity index (χ4v) is 2.59. The number of methoxy groups -OCH3 is 1. The number of benzene rings is 1. The number of hydrogen-bond acceptors (Lipinski definition) is 3. The van der Waals surface area contributed by atoms with Gasteiger partial charge < -0.3 is 10.1 Å². The molecule has 114 valence electrons. The Morgan fingerprint density at radius 3 is 2.81 bits per heavy atom. The molecule has 0 saturated carbocycles. The number of aromatic nitrogens is 2. The Hall–Kier alpha value is -1.81. The molecule has 0 aliphatic rings. The molecule has 1 N–H and O–H groups in total. The number of nitrogens with zero attached hydrogens (tertiary/aromatic N) is 2. The maximum atomic E-state index is 5.47. The van der Waals surface area contributed by atoms with Crippen LogP contribution >= 0.6 is 0 Å². The zero-order valence-electron chi connectivity index (χ0n) is 13.6. The zero-order valence-corrected chi connectivity index (χ0v) is 13.6. The quantitative estimate of drug-likeness (QED) is 0.887. The van der Waals surface area contributed by atoms with Gasteiger partial charge in [0.05, 0.1) is 12.8 Å². The third kappa shape index (κ3) is 3.64. The molecule has 0 aliphatic carbocycles. The fourth-order valence-electron chi connectivity index (χ4n) is 2.59. The molecule has 21 heavy (non-hydrogen) atoms. The maximum absolute atomic E-state index is 5.47. The predicted molar refractivity (Wildman–Crippen MR) is 85.6 cm³/mol. The fraction of sp³-hybridized carbons (Fsp3) is 0.471. The largest absolute Gasteiger partial charge is 0.496 e. The summed E-state index contributed by atoms with van der Waals surface area (Å²) in [6, 6.07) is 6.51. The standard InChI is InChI=1S/C17H25N3O/c1-6-16-14(11-20(4)19-16)10-18-13(3)15-9-12(2)7-8-17(15)21-5/h7-9,11,13,18H,6,10H2,1-5H3. The maximum Gasteiger partial charge on any atom is 0.123 e. The third-order valence-corrected chi connectivity index (χ3v) is 3.78. The Labute approximate surface area is 127 Å². The van der Waals surface area contributed by atoms with Gasteiger partial charge in [0.25, 0.3) is 0 Å². The molecular weight excluding hydrogens is 262 g/mol. The first-order valence-corrected chi connectivity index (χ1v) is 7.44. The van der Waals surface area contributed by atoms with Gasteiger partial charge in [-0.2, -0.15) is 5.10 Å². The topological polar surface area (TPSA) is 39.1 Å². The summed E-state index contributed by atoms with van der Waals surface area (Å²) in [6.45, 7) is 7.22. The van der Waals surface area contributed by atoms with Gasteiger partial charge in [0, 0.05) is 37.0 Å². The lowest BCUT2D eigenvalue weighted by molar-refractivity contribution is 0.401. The van der Waals surface area contributed by atoms with Gasteiger partial charge >= 0.3 is 0 Å². The van der Waals surface area contributed by atoms with E-state index in [0.29, 0.717) is 0 Å². The Kier molecular flexibility index (Phi) is 5.02. The molecule has 1 atom stereocenters. The summed E-state index contributed by atoms with van der Waals surface area (Å²) in [5, 5.41) is 8.05. The lowest BCUT2D eigenvalue weighted by Gasteiger charge is -2.18. The Bertz CT molecular complexity index is 604. The summed E-state index contributed by atoms with van der Waals surface area (Å²) in [4.78, 5) is 0. The highest BCUT2D eigenvalue weighted by molar-refractivity contribution is 5.39. The number of rotatable bonds is 6. The molecule has 0 aliphatic heterocycles. The first-order valence-electron chi connectivity index (χ1n) is 7.44. The van der Waals surface area contributed by atoms with Gasteiger partial charge in [-0.25, -0.2) is 0 Å². The molecular formula is C17H25N3O. The Balaban J connectivity index is 2.11. The second kappa shape index (κ2) is 6.76. The summed E-state index contributed by atoms with van der Waals surface area (Å²) in [6.07, 6.45) is 3.05. The van der Waals surface area contributed by atoms with Crippen molar-refractivity contribution in [2.45, 2.75) is 39.8 Å². The highest BCUT2D eigenvalue weighted by Crippen LogP contribution is 2.26. The molecule has 1 aromatic carbocycles. The molecule has 0 bridgehead atoms. The molecule has 1 unspecified atom stereocenters. The summed E-state index contributed by atoms with van der Waals surface area (Å²) >= 11 is 0. The average molecular weight is 287 g/mol. The van der Waals surface area contributed by atoms with Crippen molar-refractivity contribution in [3.8, 4) is 5.75 Å². The van der Waals surface area contributed by atoms with Crippen molar-refractivity contribution in [3.63, 3.8) is 0 Å². The van der Waals surface area contributed by atoms with Crippen LogP contribution in [0.25, 0.3) is 0 Å². The van der Waals surface area contributed by atoms with E-state index in [2.05, 4.69) is 49.5 Å². The number of aryl methyl sites for hydroxylation is 3. The van der Waals surface area contributed by atoms with Crippen LogP contribution in [0.15, 0.2) is 24.4 Å². The molecule has 0 spiro atoms. The van der Waals surface area contributed by atoms with Crippen LogP contribution < -0.4 is 10.1 Å². The van der Waals surface area contributed by atoms with Crippen molar-refractivity contribution in [2.75, 3.05) is 7.11 Å². The van der Waals surface area contributed by atoms with Gasteiger partial charge in [-0.3, -0.25) is 4.68 Å². The second-order valence-electron chi connectivity index (χ2n) is 5.48. The molecule has 2 rings (SSSR count). The van der Waals surface area contributed by atoms with Gasteiger partial charge in [-0.05, 0) is 26.3 Å². The second-order valence-corrected chi connectivity index (χ2v) is 5.48. The van der Waals surface area contributed by atoms with Crippen LogP contribution in [0.3, 0.4) is 0 Å². The molecule has 4 heteroatoms. The zero-order chi connectivity index (χ0) is 15.4. The summed E-state index contributed by atoms with van der Waals surface area (Å²) in [5.74, 6) is 0.933. The summed E-state index contributed by atoms with van der Waals surface area (Å²) < 4.78 is 7.35. The van der Waals surface area contributed by atoms with E-state index in [0.717, 1.165) is 24.4 Å². The molecule has 0 saturated heterocycles. The van der Waals surface area contributed by atoms with Crippen molar-refractivity contribution in [1.82, 2.24) is 15.1 Å². The van der Waals surface area contributed by atoms with Crippen LogP contribution in [0.4, 0.5) is 0 Å². The van der Waals surface area contributed by atoms with Crippen molar-refractivity contribution in [1.29, 1.82) is 0 Å². The minimum absolute atomic E-state index is 0.227. The van der Waals surface area contributed by atoms with Gasteiger partial charge in [0.1, 0.15) is 5.75 Å². The highest BCUT2D eigenvalue weighted by Gasteiger charge is 2.13. The lowest BCUT2D eigenvalue weighted by Crippen LogP contribution is -2.19.